The number of methoxy groups -OCH3 is 1. The molecule has 1 amide bonds. The lowest BCUT2D eigenvalue weighted by Crippen LogP contribution is -2.12. The first-order valence-corrected chi connectivity index (χ1v) is 8.30. The Hall–Kier alpha value is -3.19. The molecule has 3 aromatic rings. The van der Waals surface area contributed by atoms with Crippen LogP contribution in [0.3, 0.4) is 0 Å². The van der Waals surface area contributed by atoms with E-state index in [1.807, 2.05) is 0 Å². The maximum Gasteiger partial charge on any atom is 0.337 e. The van der Waals surface area contributed by atoms with Crippen LogP contribution in [0, 0.1) is 5.82 Å². The van der Waals surface area contributed by atoms with Gasteiger partial charge in [-0.15, -0.1) is 0 Å². The van der Waals surface area contributed by atoms with E-state index in [0.29, 0.717) is 33.9 Å². The average Bonchev–Trinajstić information content (AvgIpc) is 3.10. The van der Waals surface area contributed by atoms with Crippen LogP contribution in [0.5, 0.6) is 0 Å². The van der Waals surface area contributed by atoms with Gasteiger partial charge in [-0.1, -0.05) is 17.7 Å². The number of aromatic nitrogens is 2. The maximum absolute atomic E-state index is 13.1. The van der Waals surface area contributed by atoms with E-state index in [9.17, 15) is 14.0 Å². The second-order valence-electron chi connectivity index (χ2n) is 5.69. The molecule has 0 saturated carbocycles. The molecular formula is C19H15ClFN3O3. The van der Waals surface area contributed by atoms with E-state index < -0.39 is 11.8 Å². The van der Waals surface area contributed by atoms with Crippen LogP contribution in [-0.4, -0.2) is 28.8 Å². The quantitative estimate of drug-likeness (QED) is 0.676. The molecule has 0 atom stereocenters. The molecule has 1 N–H and O–H groups in total. The largest absolute Gasteiger partial charge is 0.465 e. The van der Waals surface area contributed by atoms with E-state index in [4.69, 9.17) is 11.6 Å². The Morgan fingerprint density at radius 3 is 2.56 bits per heavy atom. The molecule has 1 aromatic heterocycles. The molecule has 8 heteroatoms. The van der Waals surface area contributed by atoms with Crippen molar-refractivity contribution in [2.24, 2.45) is 0 Å². The van der Waals surface area contributed by atoms with E-state index in [2.05, 4.69) is 15.2 Å². The van der Waals surface area contributed by atoms with Crippen molar-refractivity contribution in [2.45, 2.75) is 6.54 Å². The zero-order valence-corrected chi connectivity index (χ0v) is 15.0. The summed E-state index contributed by atoms with van der Waals surface area (Å²) in [5, 5.41) is 7.19. The number of benzene rings is 2. The van der Waals surface area contributed by atoms with Gasteiger partial charge in [0.05, 0.1) is 31.1 Å². The predicted molar refractivity (Wildman–Crippen MR) is 98.5 cm³/mol. The van der Waals surface area contributed by atoms with Crippen molar-refractivity contribution >= 4 is 29.2 Å². The topological polar surface area (TPSA) is 73.2 Å². The van der Waals surface area contributed by atoms with Crippen LogP contribution in [-0.2, 0) is 11.3 Å². The Bertz CT molecular complexity index is 986. The molecule has 0 bridgehead atoms. The number of esters is 1. The van der Waals surface area contributed by atoms with Crippen molar-refractivity contribution in [1.29, 1.82) is 0 Å². The molecule has 0 aliphatic rings. The zero-order chi connectivity index (χ0) is 19.4. The molecule has 138 valence electrons. The van der Waals surface area contributed by atoms with Crippen LogP contribution in [0.2, 0.25) is 5.02 Å². The summed E-state index contributed by atoms with van der Waals surface area (Å²) in [4.78, 5) is 23.7. The lowest BCUT2D eigenvalue weighted by Gasteiger charge is -2.05. The van der Waals surface area contributed by atoms with E-state index in [1.165, 1.54) is 49.7 Å². The van der Waals surface area contributed by atoms with Crippen molar-refractivity contribution in [1.82, 2.24) is 9.78 Å². The van der Waals surface area contributed by atoms with Crippen molar-refractivity contribution in [3.05, 3.63) is 82.4 Å². The minimum Gasteiger partial charge on any atom is -0.465 e. The first-order chi connectivity index (χ1) is 13.0. The summed E-state index contributed by atoms with van der Waals surface area (Å²) < 4.78 is 19.3. The van der Waals surface area contributed by atoms with Gasteiger partial charge in [-0.25, -0.2) is 9.18 Å². The third kappa shape index (κ3) is 4.51. The summed E-state index contributed by atoms with van der Waals surface area (Å²) in [6, 6.07) is 10.2. The Morgan fingerprint density at radius 1 is 1.19 bits per heavy atom. The van der Waals surface area contributed by atoms with Crippen LogP contribution < -0.4 is 5.32 Å². The van der Waals surface area contributed by atoms with Crippen molar-refractivity contribution in [3.63, 3.8) is 0 Å². The Labute approximate surface area is 159 Å². The van der Waals surface area contributed by atoms with Gasteiger partial charge >= 0.3 is 5.97 Å². The Morgan fingerprint density at radius 2 is 1.89 bits per heavy atom. The van der Waals surface area contributed by atoms with Crippen molar-refractivity contribution in [2.75, 3.05) is 12.4 Å². The van der Waals surface area contributed by atoms with Gasteiger partial charge < -0.3 is 10.1 Å². The number of carbonyl (C=O) groups is 2. The first-order valence-electron chi connectivity index (χ1n) is 7.92. The molecule has 0 aliphatic heterocycles. The molecule has 6 nitrogen and oxygen atoms in total. The lowest BCUT2D eigenvalue weighted by molar-refractivity contribution is 0.0600. The highest BCUT2D eigenvalue weighted by atomic mass is 35.5. The highest BCUT2D eigenvalue weighted by molar-refractivity contribution is 6.31. The molecular weight excluding hydrogens is 373 g/mol. The molecule has 1 heterocycles. The third-order valence-electron chi connectivity index (χ3n) is 3.81. The Kier molecular flexibility index (Phi) is 5.52. The molecule has 0 radical (unpaired) electrons. The zero-order valence-electron chi connectivity index (χ0n) is 14.3. The molecule has 27 heavy (non-hydrogen) atoms. The van der Waals surface area contributed by atoms with Gasteiger partial charge in [0.1, 0.15) is 5.82 Å². The molecule has 0 fully saturated rings. The minimum absolute atomic E-state index is 0.307. The third-order valence-corrected chi connectivity index (χ3v) is 4.16. The highest BCUT2D eigenvalue weighted by Gasteiger charge is 2.11. The summed E-state index contributed by atoms with van der Waals surface area (Å²) in [7, 11) is 1.29. The number of hydrogen-bond donors (Lipinski definition) is 1. The molecule has 0 spiro atoms. The van der Waals surface area contributed by atoms with Crippen LogP contribution in [0.1, 0.15) is 26.3 Å². The van der Waals surface area contributed by atoms with Gasteiger partial charge in [0, 0.05) is 16.8 Å². The number of carbonyl (C=O) groups excluding carboxylic acids is 2. The number of hydrogen-bond acceptors (Lipinski definition) is 4. The molecule has 2 aromatic carbocycles. The average molecular weight is 388 g/mol. The van der Waals surface area contributed by atoms with Crippen molar-refractivity contribution < 1.29 is 18.7 Å². The second-order valence-corrected chi connectivity index (χ2v) is 6.09. The fourth-order valence-electron chi connectivity index (χ4n) is 2.42. The van der Waals surface area contributed by atoms with Crippen LogP contribution >= 0.6 is 11.6 Å². The van der Waals surface area contributed by atoms with Gasteiger partial charge in [-0.05, 0) is 42.0 Å². The fourth-order valence-corrected chi connectivity index (χ4v) is 2.64. The fraction of sp³-hybridized carbons (Fsp3) is 0.105. The maximum atomic E-state index is 13.1. The SMILES string of the molecule is COC(=O)c1ccc(C(=O)Nc2cnn(Cc3ccc(F)cc3Cl)c2)cc1. The summed E-state index contributed by atoms with van der Waals surface area (Å²) in [6.07, 6.45) is 3.14. The first kappa shape index (κ1) is 18.6. The summed E-state index contributed by atoms with van der Waals surface area (Å²) in [5.74, 6) is -1.22. The van der Waals surface area contributed by atoms with Gasteiger partial charge in [0.25, 0.3) is 5.91 Å². The second kappa shape index (κ2) is 8.01. The van der Waals surface area contributed by atoms with E-state index >= 15 is 0 Å². The van der Waals surface area contributed by atoms with Gasteiger partial charge in [0.15, 0.2) is 0 Å². The molecule has 0 saturated heterocycles. The summed E-state index contributed by atoms with van der Waals surface area (Å²) in [5.41, 5.74) is 1.95. The Balaban J connectivity index is 1.66. The van der Waals surface area contributed by atoms with Crippen molar-refractivity contribution in [3.8, 4) is 0 Å². The van der Waals surface area contributed by atoms with Crippen LogP contribution in [0.15, 0.2) is 54.9 Å². The number of nitrogens with one attached hydrogen (secondary N) is 1. The number of nitrogens with zero attached hydrogens (tertiary/aromatic N) is 2. The van der Waals surface area contributed by atoms with E-state index in [-0.39, 0.29) is 5.91 Å². The summed E-state index contributed by atoms with van der Waals surface area (Å²) in [6.45, 7) is 0.336. The van der Waals surface area contributed by atoms with Gasteiger partial charge in [-0.3, -0.25) is 9.48 Å². The monoisotopic (exact) mass is 387 g/mol. The number of ether oxygens (including phenoxy) is 1. The number of anilines is 1. The number of halogens is 2. The number of amides is 1. The molecule has 0 unspecified atom stereocenters. The molecule has 0 aliphatic carbocycles. The molecule has 3 rings (SSSR count). The standard InChI is InChI=1S/C19H15ClFN3O3/c1-27-19(26)13-4-2-12(3-5-13)18(25)23-16-9-22-24(11-16)10-14-6-7-15(21)8-17(14)20/h2-9,11H,10H2,1H3,(H,23,25). The van der Waals surface area contributed by atoms with Gasteiger partial charge in [0.2, 0.25) is 0 Å². The number of rotatable bonds is 5. The highest BCUT2D eigenvalue weighted by Crippen LogP contribution is 2.19. The van der Waals surface area contributed by atoms with E-state index in [1.54, 1.807) is 16.9 Å². The minimum atomic E-state index is -0.470. The van der Waals surface area contributed by atoms with E-state index in [0.717, 1.165) is 0 Å². The summed E-state index contributed by atoms with van der Waals surface area (Å²) >= 11 is 6.01. The smallest absolute Gasteiger partial charge is 0.337 e. The van der Waals surface area contributed by atoms with Crippen LogP contribution in [0.4, 0.5) is 10.1 Å². The van der Waals surface area contributed by atoms with Gasteiger partial charge in [-0.2, -0.15) is 5.10 Å². The van der Waals surface area contributed by atoms with Crippen LogP contribution in [0.25, 0.3) is 0 Å². The normalized spacial score (nSPS) is 10.5. The lowest BCUT2D eigenvalue weighted by atomic mass is 10.1. The predicted octanol–water partition coefficient (Wildman–Crippen LogP) is 3.76.